The molecule has 4 saturated heterocycles. The highest BCUT2D eigenvalue weighted by Crippen LogP contribution is 2.40. The van der Waals surface area contributed by atoms with E-state index in [9.17, 15) is 28.8 Å². The highest BCUT2D eigenvalue weighted by molar-refractivity contribution is 6.23. The predicted molar refractivity (Wildman–Crippen MR) is 245 cm³/mol. The zero-order valence-corrected chi connectivity index (χ0v) is 37.0. The molecule has 1 aromatic heterocycles. The van der Waals surface area contributed by atoms with Crippen molar-refractivity contribution in [1.82, 2.24) is 34.7 Å². The Kier molecular flexibility index (Phi) is 12.0. The van der Waals surface area contributed by atoms with Crippen LogP contribution in [0.15, 0.2) is 72.8 Å². The number of benzene rings is 3. The number of hydrogen-bond acceptors (Lipinski definition) is 12. The second kappa shape index (κ2) is 18.4. The first-order valence-corrected chi connectivity index (χ1v) is 23.4. The highest BCUT2D eigenvalue weighted by Gasteiger charge is 2.45. The highest BCUT2D eigenvalue weighted by atomic mass is 16.5. The summed E-state index contributed by atoms with van der Waals surface area (Å²) in [4.78, 5) is 87.4. The number of hydrogen-bond donors (Lipinski definition) is 3. The van der Waals surface area contributed by atoms with Crippen LogP contribution in [0.25, 0.3) is 11.3 Å². The number of carbonyl (C=O) groups excluding carboxylic acids is 6. The quantitative estimate of drug-likeness (QED) is 0.183. The van der Waals surface area contributed by atoms with Gasteiger partial charge in [0.15, 0.2) is 0 Å². The van der Waals surface area contributed by atoms with Crippen molar-refractivity contribution in [3.8, 4) is 22.8 Å². The van der Waals surface area contributed by atoms with Gasteiger partial charge < -0.3 is 30.5 Å². The molecule has 4 N–H and O–H groups in total. The number of piperidine rings is 3. The summed E-state index contributed by atoms with van der Waals surface area (Å²) in [7, 11) is 0. The van der Waals surface area contributed by atoms with Crippen molar-refractivity contribution in [2.75, 3.05) is 75.7 Å². The molecule has 0 aliphatic carbocycles. The maximum absolute atomic E-state index is 13.5. The molecule has 4 aromatic rings. The lowest BCUT2D eigenvalue weighted by atomic mass is 9.86. The number of primary amides is 1. The first-order chi connectivity index (χ1) is 32.1. The van der Waals surface area contributed by atoms with Gasteiger partial charge in [0.25, 0.3) is 17.7 Å². The Bertz CT molecular complexity index is 2520. The molecule has 7 heterocycles. The van der Waals surface area contributed by atoms with Crippen LogP contribution in [0.5, 0.6) is 11.5 Å². The normalized spacial score (nSPS) is 22.2. The van der Waals surface area contributed by atoms with E-state index in [-0.39, 0.29) is 24.8 Å². The number of fused-ring (bicyclic) bond motifs is 2. The molecule has 17 nitrogen and oxygen atoms in total. The first-order valence-electron chi connectivity index (χ1n) is 23.4. The Morgan fingerprint density at radius 3 is 2.18 bits per heavy atom. The molecule has 10 rings (SSSR count). The fraction of sp³-hybridized carbons (Fsp3) is 0.449. The fourth-order valence-electron chi connectivity index (χ4n) is 10.9. The number of amides is 6. The Morgan fingerprint density at radius 2 is 1.47 bits per heavy atom. The lowest BCUT2D eigenvalue weighted by Gasteiger charge is -2.43. The second-order valence-corrected chi connectivity index (χ2v) is 18.3. The van der Waals surface area contributed by atoms with Crippen molar-refractivity contribution in [2.45, 2.75) is 69.5 Å². The molecular formula is C49H56N10O7. The number of para-hydroxylation sites is 1. The van der Waals surface area contributed by atoms with Gasteiger partial charge in [0.1, 0.15) is 34.6 Å². The SMILES string of the molecule is NC(=O)c1c(-c2ccc(Oc3ccccc3)cc2)nn2c1NCC[C@H]2C1CCN(C(=O)CCN2CCC(N3CCN(c4ccc5c(c4)C(=O)N(C4CCC(=O)NC4=O)C5=O)CC3)CC2)CC1. The molecule has 344 valence electrons. The van der Waals surface area contributed by atoms with Gasteiger partial charge >= 0.3 is 0 Å². The number of aromatic nitrogens is 2. The molecule has 0 saturated carbocycles. The molecule has 66 heavy (non-hydrogen) atoms. The van der Waals surface area contributed by atoms with E-state index in [1.165, 1.54) is 0 Å². The summed E-state index contributed by atoms with van der Waals surface area (Å²) in [6.45, 7) is 8.14. The number of likely N-dealkylation sites (tertiary alicyclic amines) is 2. The zero-order valence-electron chi connectivity index (χ0n) is 37.0. The minimum atomic E-state index is -0.980. The molecule has 2 atom stereocenters. The third kappa shape index (κ3) is 8.52. The lowest BCUT2D eigenvalue weighted by Crippen LogP contribution is -2.54. The lowest BCUT2D eigenvalue weighted by molar-refractivity contribution is -0.136. The van der Waals surface area contributed by atoms with Crippen LogP contribution >= 0.6 is 0 Å². The molecule has 3 aromatic carbocycles. The zero-order chi connectivity index (χ0) is 45.5. The Morgan fingerprint density at radius 1 is 0.758 bits per heavy atom. The summed E-state index contributed by atoms with van der Waals surface area (Å²) in [6.07, 6.45) is 5.42. The van der Waals surface area contributed by atoms with E-state index in [4.69, 9.17) is 15.6 Å². The van der Waals surface area contributed by atoms with Crippen LogP contribution in [0.2, 0.25) is 0 Å². The number of imide groups is 2. The van der Waals surface area contributed by atoms with Crippen LogP contribution in [0.4, 0.5) is 11.5 Å². The van der Waals surface area contributed by atoms with Crippen molar-refractivity contribution in [1.29, 1.82) is 0 Å². The van der Waals surface area contributed by atoms with Crippen LogP contribution in [0, 0.1) is 5.92 Å². The van der Waals surface area contributed by atoms with Gasteiger partial charge in [-0.2, -0.15) is 5.10 Å². The van der Waals surface area contributed by atoms with E-state index in [0.717, 1.165) is 99.8 Å². The van der Waals surface area contributed by atoms with E-state index in [1.54, 1.807) is 12.1 Å². The molecule has 1 unspecified atom stereocenters. The molecule has 0 bridgehead atoms. The van der Waals surface area contributed by atoms with Crippen LogP contribution in [0.1, 0.15) is 88.5 Å². The maximum Gasteiger partial charge on any atom is 0.262 e. The number of nitrogens with zero attached hydrogens (tertiary/aromatic N) is 7. The predicted octanol–water partition coefficient (Wildman–Crippen LogP) is 4.11. The average Bonchev–Trinajstić information content (AvgIpc) is 3.86. The summed E-state index contributed by atoms with van der Waals surface area (Å²) >= 11 is 0. The van der Waals surface area contributed by atoms with Gasteiger partial charge in [0.2, 0.25) is 17.7 Å². The van der Waals surface area contributed by atoms with Gasteiger partial charge in [0, 0.05) is 82.5 Å². The standard InChI is InChI=1S/C49H56N10O7/c50-45(62)43-44(32-6-9-36(10-7-32)66-35-4-2-1-3-5-35)53-59-39(14-20-51-46(43)59)31-15-24-57(25-16-31)42(61)19-23-54-21-17-33(18-22-54)55-26-28-56(29-27-55)34-8-11-37-38(30-34)49(65)58(48(37)64)40-12-13-41(60)52-47(40)63/h1-11,30-31,33,39-40,51H,12-29H2,(H2,50,62)(H,52,60,63)/t39-,40?/m0/s1. The minimum absolute atomic E-state index is 0.0868. The summed E-state index contributed by atoms with van der Waals surface area (Å²) in [5, 5.41) is 10.7. The van der Waals surface area contributed by atoms with Crippen molar-refractivity contribution < 1.29 is 33.5 Å². The van der Waals surface area contributed by atoms with E-state index in [0.29, 0.717) is 72.0 Å². The molecule has 0 spiro atoms. The Labute approximate surface area is 383 Å². The maximum atomic E-state index is 13.5. The summed E-state index contributed by atoms with van der Waals surface area (Å²) in [6, 6.07) is 22.0. The first kappa shape index (κ1) is 43.3. The Hall–Kier alpha value is -6.59. The molecule has 6 aliphatic rings. The largest absolute Gasteiger partial charge is 0.457 e. The van der Waals surface area contributed by atoms with Gasteiger partial charge in [0.05, 0.1) is 17.2 Å². The number of anilines is 2. The van der Waals surface area contributed by atoms with Gasteiger partial charge in [-0.25, -0.2) is 4.68 Å². The van der Waals surface area contributed by atoms with Crippen LogP contribution in [-0.4, -0.2) is 142 Å². The third-order valence-corrected chi connectivity index (χ3v) is 14.6. The second-order valence-electron chi connectivity index (χ2n) is 18.3. The van der Waals surface area contributed by atoms with Gasteiger partial charge in [-0.1, -0.05) is 18.2 Å². The number of rotatable bonds is 11. The molecule has 4 fully saturated rings. The molecule has 6 amide bonds. The monoisotopic (exact) mass is 896 g/mol. The minimum Gasteiger partial charge on any atom is -0.457 e. The van der Waals surface area contributed by atoms with Crippen LogP contribution < -0.4 is 26.0 Å². The number of carbonyl (C=O) groups is 6. The average molecular weight is 897 g/mol. The van der Waals surface area contributed by atoms with E-state index < -0.39 is 35.6 Å². The summed E-state index contributed by atoms with van der Waals surface area (Å²) in [5.41, 5.74) is 9.18. The number of ether oxygens (including phenoxy) is 1. The van der Waals surface area contributed by atoms with Crippen molar-refractivity contribution in [3.63, 3.8) is 0 Å². The topological polar surface area (TPSA) is 196 Å². The van der Waals surface area contributed by atoms with Gasteiger partial charge in [-0.05, 0) is 112 Å². The van der Waals surface area contributed by atoms with E-state index in [1.807, 2.05) is 70.2 Å². The van der Waals surface area contributed by atoms with Crippen molar-refractivity contribution >= 4 is 46.9 Å². The molecular weight excluding hydrogens is 841 g/mol. The molecule has 0 radical (unpaired) electrons. The summed E-state index contributed by atoms with van der Waals surface area (Å²) in [5.74, 6) is 0.0897. The van der Waals surface area contributed by atoms with Crippen molar-refractivity contribution in [3.05, 3.63) is 89.5 Å². The number of nitrogens with two attached hydrogens (primary N) is 1. The molecule has 17 heteroatoms. The Balaban J connectivity index is 0.672. The van der Waals surface area contributed by atoms with Gasteiger partial charge in [-0.3, -0.25) is 43.9 Å². The molecule has 6 aliphatic heterocycles. The summed E-state index contributed by atoms with van der Waals surface area (Å²) < 4.78 is 7.95. The van der Waals surface area contributed by atoms with E-state index in [2.05, 4.69) is 25.3 Å². The van der Waals surface area contributed by atoms with Gasteiger partial charge in [-0.15, -0.1) is 0 Å². The van der Waals surface area contributed by atoms with Crippen LogP contribution in [-0.2, 0) is 14.4 Å². The number of piperazine rings is 1. The van der Waals surface area contributed by atoms with Crippen LogP contribution in [0.3, 0.4) is 0 Å². The van der Waals surface area contributed by atoms with Crippen molar-refractivity contribution in [2.24, 2.45) is 11.7 Å². The number of nitrogens with one attached hydrogen (secondary N) is 2. The third-order valence-electron chi connectivity index (χ3n) is 14.6. The fourth-order valence-corrected chi connectivity index (χ4v) is 10.9. The van der Waals surface area contributed by atoms with E-state index >= 15 is 0 Å². The smallest absolute Gasteiger partial charge is 0.262 e.